The summed E-state index contributed by atoms with van der Waals surface area (Å²) in [6.07, 6.45) is 5.10. The van der Waals surface area contributed by atoms with Crippen LogP contribution in [0, 0.1) is 17.8 Å². The van der Waals surface area contributed by atoms with Crippen LogP contribution in [0.5, 0.6) is 0 Å². The van der Waals surface area contributed by atoms with E-state index >= 15 is 0 Å². The van der Waals surface area contributed by atoms with Crippen molar-refractivity contribution >= 4 is 12.0 Å². The summed E-state index contributed by atoms with van der Waals surface area (Å²) in [4.78, 5) is 24.6. The van der Waals surface area contributed by atoms with E-state index in [-0.39, 0.29) is 6.03 Å². The molecule has 5 heteroatoms. The smallest absolute Gasteiger partial charge is 0.317 e. The second kappa shape index (κ2) is 6.26. The summed E-state index contributed by atoms with van der Waals surface area (Å²) in [6.45, 7) is 4.01. The zero-order valence-electron chi connectivity index (χ0n) is 11.6. The number of nitrogens with zero attached hydrogens (tertiary/aromatic N) is 1. The maximum Gasteiger partial charge on any atom is 0.317 e. The van der Waals surface area contributed by atoms with Crippen molar-refractivity contribution in [2.24, 2.45) is 17.8 Å². The number of likely N-dealkylation sites (tertiary alicyclic amines) is 1. The number of amides is 2. The van der Waals surface area contributed by atoms with Crippen molar-refractivity contribution in [3.8, 4) is 0 Å². The van der Waals surface area contributed by atoms with Crippen LogP contribution < -0.4 is 5.32 Å². The van der Waals surface area contributed by atoms with E-state index in [1.807, 2.05) is 0 Å². The number of piperidine rings is 1. The van der Waals surface area contributed by atoms with Gasteiger partial charge in [-0.15, -0.1) is 0 Å². The molecule has 1 saturated carbocycles. The van der Waals surface area contributed by atoms with E-state index in [1.54, 1.807) is 4.90 Å². The molecule has 2 fully saturated rings. The standard InChI is InChI=1S/C14H24N2O3/c1-10-4-5-11(7-10)8-15-14(19)16-6-2-3-12(9-16)13(17)18/h10-12H,2-9H2,1H3,(H,15,19)(H,17,18)/t10?,11?,12-/m1/s1. The van der Waals surface area contributed by atoms with Gasteiger partial charge in [-0.25, -0.2) is 4.79 Å². The van der Waals surface area contributed by atoms with Crippen molar-refractivity contribution in [1.29, 1.82) is 0 Å². The van der Waals surface area contributed by atoms with Crippen molar-refractivity contribution < 1.29 is 14.7 Å². The molecule has 1 saturated heterocycles. The fraction of sp³-hybridized carbons (Fsp3) is 0.857. The summed E-state index contributed by atoms with van der Waals surface area (Å²) < 4.78 is 0. The summed E-state index contributed by atoms with van der Waals surface area (Å²) in [6, 6.07) is -0.0921. The van der Waals surface area contributed by atoms with Gasteiger partial charge in [0, 0.05) is 19.6 Å². The first-order chi connectivity index (χ1) is 9.06. The second-order valence-electron chi connectivity index (χ2n) is 6.09. The van der Waals surface area contributed by atoms with Crippen LogP contribution in [0.15, 0.2) is 0 Å². The molecule has 2 unspecified atom stereocenters. The molecule has 19 heavy (non-hydrogen) atoms. The first kappa shape index (κ1) is 14.2. The molecule has 1 aliphatic heterocycles. The van der Waals surface area contributed by atoms with Gasteiger partial charge in [-0.3, -0.25) is 4.79 Å². The molecule has 1 heterocycles. The fourth-order valence-electron chi connectivity index (χ4n) is 3.22. The Morgan fingerprint density at radius 2 is 2.11 bits per heavy atom. The average molecular weight is 268 g/mol. The lowest BCUT2D eigenvalue weighted by molar-refractivity contribution is -0.143. The van der Waals surface area contributed by atoms with E-state index < -0.39 is 11.9 Å². The molecule has 2 aliphatic rings. The number of rotatable bonds is 3. The van der Waals surface area contributed by atoms with Crippen LogP contribution in [0.2, 0.25) is 0 Å². The molecule has 1 aliphatic carbocycles. The maximum absolute atomic E-state index is 12.0. The van der Waals surface area contributed by atoms with Crippen molar-refractivity contribution in [2.75, 3.05) is 19.6 Å². The molecule has 5 nitrogen and oxygen atoms in total. The summed E-state index contributed by atoms with van der Waals surface area (Å²) in [5, 5.41) is 12.0. The minimum Gasteiger partial charge on any atom is -0.481 e. The number of carboxylic acid groups (broad SMARTS) is 1. The largest absolute Gasteiger partial charge is 0.481 e. The number of carbonyl (C=O) groups excluding carboxylic acids is 1. The van der Waals surface area contributed by atoms with Gasteiger partial charge in [0.05, 0.1) is 5.92 Å². The Morgan fingerprint density at radius 1 is 1.32 bits per heavy atom. The number of aliphatic carboxylic acids is 1. The Balaban J connectivity index is 1.74. The third kappa shape index (κ3) is 3.85. The molecule has 0 radical (unpaired) electrons. The lowest BCUT2D eigenvalue weighted by Crippen LogP contribution is -2.47. The number of urea groups is 1. The summed E-state index contributed by atoms with van der Waals surface area (Å²) >= 11 is 0. The molecule has 2 N–H and O–H groups in total. The summed E-state index contributed by atoms with van der Waals surface area (Å²) in [7, 11) is 0. The van der Waals surface area contributed by atoms with E-state index in [2.05, 4.69) is 12.2 Å². The predicted molar refractivity (Wildman–Crippen MR) is 71.8 cm³/mol. The van der Waals surface area contributed by atoms with Gasteiger partial charge < -0.3 is 15.3 Å². The van der Waals surface area contributed by atoms with Crippen molar-refractivity contribution in [3.63, 3.8) is 0 Å². The van der Waals surface area contributed by atoms with Crippen LogP contribution in [0.3, 0.4) is 0 Å². The van der Waals surface area contributed by atoms with E-state index in [0.29, 0.717) is 25.4 Å². The van der Waals surface area contributed by atoms with Gasteiger partial charge in [0.1, 0.15) is 0 Å². The Labute approximate surface area is 114 Å². The topological polar surface area (TPSA) is 69.6 Å². The third-order valence-electron chi connectivity index (χ3n) is 4.40. The fourth-order valence-corrected chi connectivity index (χ4v) is 3.22. The highest BCUT2D eigenvalue weighted by molar-refractivity contribution is 5.76. The number of carbonyl (C=O) groups is 2. The molecule has 0 aromatic carbocycles. The van der Waals surface area contributed by atoms with E-state index in [4.69, 9.17) is 5.11 Å². The lowest BCUT2D eigenvalue weighted by Gasteiger charge is -2.31. The molecule has 0 bridgehead atoms. The molecule has 0 spiro atoms. The molecule has 108 valence electrons. The molecular formula is C14H24N2O3. The minimum atomic E-state index is -0.790. The van der Waals surface area contributed by atoms with Gasteiger partial charge in [0.25, 0.3) is 0 Å². The molecule has 0 aromatic rings. The Hall–Kier alpha value is -1.26. The van der Waals surface area contributed by atoms with Crippen LogP contribution in [0.4, 0.5) is 4.79 Å². The zero-order valence-corrected chi connectivity index (χ0v) is 11.6. The first-order valence-electron chi connectivity index (χ1n) is 7.32. The number of hydrogen-bond acceptors (Lipinski definition) is 2. The Morgan fingerprint density at radius 3 is 2.74 bits per heavy atom. The normalized spacial score (nSPS) is 31.2. The van der Waals surface area contributed by atoms with E-state index in [1.165, 1.54) is 19.3 Å². The number of hydrogen-bond donors (Lipinski definition) is 2. The lowest BCUT2D eigenvalue weighted by atomic mass is 9.99. The van der Waals surface area contributed by atoms with Crippen LogP contribution >= 0.6 is 0 Å². The van der Waals surface area contributed by atoms with Crippen LogP contribution in [-0.2, 0) is 4.79 Å². The van der Waals surface area contributed by atoms with Crippen LogP contribution in [-0.4, -0.2) is 41.6 Å². The van der Waals surface area contributed by atoms with E-state index in [0.717, 1.165) is 18.9 Å². The molecule has 2 amide bonds. The molecular weight excluding hydrogens is 244 g/mol. The highest BCUT2D eigenvalue weighted by Crippen LogP contribution is 2.29. The van der Waals surface area contributed by atoms with Gasteiger partial charge in [-0.05, 0) is 37.5 Å². The number of nitrogens with one attached hydrogen (secondary N) is 1. The van der Waals surface area contributed by atoms with E-state index in [9.17, 15) is 9.59 Å². The molecule has 2 rings (SSSR count). The SMILES string of the molecule is CC1CCC(CNC(=O)N2CCC[C@@H](C(=O)O)C2)C1. The van der Waals surface area contributed by atoms with Crippen molar-refractivity contribution in [1.82, 2.24) is 10.2 Å². The minimum absolute atomic E-state index is 0.0921. The van der Waals surface area contributed by atoms with Gasteiger partial charge in [0.2, 0.25) is 0 Å². The van der Waals surface area contributed by atoms with Crippen molar-refractivity contribution in [3.05, 3.63) is 0 Å². The zero-order chi connectivity index (χ0) is 13.8. The highest BCUT2D eigenvalue weighted by atomic mass is 16.4. The monoisotopic (exact) mass is 268 g/mol. The van der Waals surface area contributed by atoms with Gasteiger partial charge in [0.15, 0.2) is 0 Å². The Bertz CT molecular complexity index is 346. The first-order valence-corrected chi connectivity index (χ1v) is 7.32. The van der Waals surface area contributed by atoms with Gasteiger partial charge >= 0.3 is 12.0 Å². The molecule has 0 aromatic heterocycles. The van der Waals surface area contributed by atoms with Crippen LogP contribution in [0.25, 0.3) is 0 Å². The predicted octanol–water partition coefficient (Wildman–Crippen LogP) is 1.93. The van der Waals surface area contributed by atoms with Gasteiger partial charge in [-0.1, -0.05) is 13.3 Å². The average Bonchev–Trinajstić information content (AvgIpc) is 2.82. The van der Waals surface area contributed by atoms with Crippen molar-refractivity contribution in [2.45, 2.75) is 39.0 Å². The highest BCUT2D eigenvalue weighted by Gasteiger charge is 2.28. The molecule has 3 atom stereocenters. The summed E-state index contributed by atoms with van der Waals surface area (Å²) in [5.41, 5.74) is 0. The Kier molecular flexibility index (Phi) is 4.66. The third-order valence-corrected chi connectivity index (χ3v) is 4.40. The van der Waals surface area contributed by atoms with Crippen LogP contribution in [0.1, 0.15) is 39.0 Å². The quantitative estimate of drug-likeness (QED) is 0.821. The summed E-state index contributed by atoms with van der Waals surface area (Å²) in [5.74, 6) is 0.181. The number of carboxylic acids is 1. The maximum atomic E-state index is 12.0. The second-order valence-corrected chi connectivity index (χ2v) is 6.09. The van der Waals surface area contributed by atoms with Gasteiger partial charge in [-0.2, -0.15) is 0 Å².